The number of aromatic nitrogens is 4. The monoisotopic (exact) mass is 206 g/mol. The van der Waals surface area contributed by atoms with E-state index in [2.05, 4.69) is 15.1 Å². The topological polar surface area (TPSA) is 73.8 Å². The molecule has 0 saturated heterocycles. The number of hydrogen-bond acceptors (Lipinski definition) is 5. The number of nitrogens with zero attached hydrogens (tertiary/aromatic N) is 4. The van der Waals surface area contributed by atoms with Gasteiger partial charge in [-0.15, -0.1) is 0 Å². The van der Waals surface area contributed by atoms with E-state index in [-0.39, 0.29) is 12.2 Å². The van der Waals surface area contributed by atoms with Crippen LogP contribution < -0.4 is 5.69 Å². The lowest BCUT2D eigenvalue weighted by Crippen LogP contribution is -2.22. The van der Waals surface area contributed by atoms with Crippen LogP contribution >= 0.6 is 0 Å². The van der Waals surface area contributed by atoms with Crippen LogP contribution in [0.4, 0.5) is 0 Å². The number of aryl methyl sites for hydroxylation is 1. The summed E-state index contributed by atoms with van der Waals surface area (Å²) in [5.74, 6) is 1.06. The van der Waals surface area contributed by atoms with Gasteiger partial charge in [-0.3, -0.25) is 4.57 Å². The Bertz CT molecular complexity index is 503. The largest absolute Gasteiger partial charge is 0.347 e. The highest BCUT2D eigenvalue weighted by Crippen LogP contribution is 1.99. The van der Waals surface area contributed by atoms with E-state index in [1.165, 1.54) is 10.8 Å². The smallest absolute Gasteiger partial charge is 0.337 e. The standard InChI is InChI=1S/C9H10N4O2/c1-2-7-11-8(15-12-7)6-13-5-3-4-10-9(13)14/h3-5H,2,6H2,1H3. The minimum Gasteiger partial charge on any atom is -0.337 e. The predicted octanol–water partition coefficient (Wildman–Crippen LogP) is 0.237. The van der Waals surface area contributed by atoms with Crippen molar-refractivity contribution >= 4 is 0 Å². The Morgan fingerprint density at radius 3 is 3.07 bits per heavy atom. The molecule has 2 aromatic rings. The summed E-state index contributed by atoms with van der Waals surface area (Å²) in [4.78, 5) is 19.0. The molecular formula is C9H10N4O2. The summed E-state index contributed by atoms with van der Waals surface area (Å²) >= 11 is 0. The van der Waals surface area contributed by atoms with Crippen LogP contribution in [-0.2, 0) is 13.0 Å². The molecule has 0 amide bonds. The van der Waals surface area contributed by atoms with Crippen molar-refractivity contribution in [2.75, 3.05) is 0 Å². The maximum Gasteiger partial charge on any atom is 0.347 e. The molecule has 6 nitrogen and oxygen atoms in total. The van der Waals surface area contributed by atoms with Gasteiger partial charge < -0.3 is 4.52 Å². The molecular weight excluding hydrogens is 196 g/mol. The Balaban J connectivity index is 2.22. The zero-order valence-electron chi connectivity index (χ0n) is 8.25. The van der Waals surface area contributed by atoms with E-state index in [0.717, 1.165) is 0 Å². The predicted molar refractivity (Wildman–Crippen MR) is 51.3 cm³/mol. The van der Waals surface area contributed by atoms with Crippen LogP contribution in [0.15, 0.2) is 27.8 Å². The van der Waals surface area contributed by atoms with E-state index in [1.807, 2.05) is 6.92 Å². The van der Waals surface area contributed by atoms with Gasteiger partial charge in [0.1, 0.15) is 6.54 Å². The molecule has 0 radical (unpaired) electrons. The van der Waals surface area contributed by atoms with Gasteiger partial charge in [0.25, 0.3) is 0 Å². The highest BCUT2D eigenvalue weighted by Gasteiger charge is 2.05. The first-order valence-corrected chi connectivity index (χ1v) is 4.62. The summed E-state index contributed by atoms with van der Waals surface area (Å²) in [5.41, 5.74) is -0.325. The first-order valence-electron chi connectivity index (χ1n) is 4.62. The zero-order chi connectivity index (χ0) is 10.7. The Morgan fingerprint density at radius 1 is 1.53 bits per heavy atom. The van der Waals surface area contributed by atoms with Crippen LogP contribution in [0.1, 0.15) is 18.6 Å². The highest BCUT2D eigenvalue weighted by atomic mass is 16.5. The summed E-state index contributed by atoms with van der Waals surface area (Å²) in [6, 6.07) is 1.68. The van der Waals surface area contributed by atoms with Crippen molar-refractivity contribution in [1.29, 1.82) is 0 Å². The molecule has 0 fully saturated rings. The van der Waals surface area contributed by atoms with Gasteiger partial charge in [0.2, 0.25) is 5.89 Å². The second kappa shape index (κ2) is 4.04. The van der Waals surface area contributed by atoms with E-state index in [9.17, 15) is 4.79 Å². The molecule has 0 aromatic carbocycles. The Hall–Kier alpha value is -1.98. The van der Waals surface area contributed by atoms with Gasteiger partial charge in [0.15, 0.2) is 5.82 Å². The minimum atomic E-state index is -0.325. The van der Waals surface area contributed by atoms with Gasteiger partial charge in [0, 0.05) is 18.8 Å². The lowest BCUT2D eigenvalue weighted by molar-refractivity contribution is 0.364. The Morgan fingerprint density at radius 2 is 2.40 bits per heavy atom. The fourth-order valence-corrected chi connectivity index (χ4v) is 1.15. The fourth-order valence-electron chi connectivity index (χ4n) is 1.15. The van der Waals surface area contributed by atoms with Crippen LogP contribution in [-0.4, -0.2) is 19.7 Å². The van der Waals surface area contributed by atoms with Gasteiger partial charge in [-0.2, -0.15) is 4.98 Å². The molecule has 0 bridgehead atoms. The van der Waals surface area contributed by atoms with Gasteiger partial charge >= 0.3 is 5.69 Å². The zero-order valence-corrected chi connectivity index (χ0v) is 8.25. The van der Waals surface area contributed by atoms with E-state index in [1.54, 1.807) is 12.3 Å². The van der Waals surface area contributed by atoms with Crippen LogP contribution in [0.25, 0.3) is 0 Å². The first kappa shape index (κ1) is 9.57. The fraction of sp³-hybridized carbons (Fsp3) is 0.333. The molecule has 0 saturated carbocycles. The molecule has 6 heteroatoms. The van der Waals surface area contributed by atoms with Gasteiger partial charge in [0.05, 0.1) is 0 Å². The van der Waals surface area contributed by atoms with Crippen molar-refractivity contribution in [1.82, 2.24) is 19.7 Å². The van der Waals surface area contributed by atoms with Crippen LogP contribution in [0.3, 0.4) is 0 Å². The van der Waals surface area contributed by atoms with E-state index in [4.69, 9.17) is 4.52 Å². The Kier molecular flexibility index (Phi) is 2.57. The third-order valence-electron chi connectivity index (χ3n) is 1.91. The summed E-state index contributed by atoms with van der Waals surface area (Å²) in [6.45, 7) is 2.20. The first-order chi connectivity index (χ1) is 7.29. The van der Waals surface area contributed by atoms with Gasteiger partial charge in [-0.1, -0.05) is 12.1 Å². The second-order valence-electron chi connectivity index (χ2n) is 2.99. The van der Waals surface area contributed by atoms with Gasteiger partial charge in [-0.25, -0.2) is 9.78 Å². The van der Waals surface area contributed by atoms with E-state index in [0.29, 0.717) is 18.1 Å². The van der Waals surface area contributed by atoms with Crippen molar-refractivity contribution in [2.24, 2.45) is 0 Å². The maximum absolute atomic E-state index is 11.3. The van der Waals surface area contributed by atoms with Crippen molar-refractivity contribution in [2.45, 2.75) is 19.9 Å². The number of rotatable bonds is 3. The molecule has 78 valence electrons. The SMILES string of the molecule is CCc1noc(Cn2cccnc2=O)n1. The van der Waals surface area contributed by atoms with Crippen LogP contribution in [0.5, 0.6) is 0 Å². The highest BCUT2D eigenvalue weighted by molar-refractivity contribution is 4.89. The number of hydrogen-bond donors (Lipinski definition) is 0. The molecule has 0 aliphatic rings. The summed E-state index contributed by atoms with van der Waals surface area (Å²) in [5, 5.41) is 3.74. The van der Waals surface area contributed by atoms with E-state index < -0.39 is 0 Å². The molecule has 0 aliphatic heterocycles. The van der Waals surface area contributed by atoms with Crippen molar-refractivity contribution < 1.29 is 4.52 Å². The normalized spacial score (nSPS) is 10.5. The molecule has 0 N–H and O–H groups in total. The average molecular weight is 206 g/mol. The molecule has 0 spiro atoms. The second-order valence-corrected chi connectivity index (χ2v) is 2.99. The molecule has 2 heterocycles. The lowest BCUT2D eigenvalue weighted by Gasteiger charge is -1.97. The quantitative estimate of drug-likeness (QED) is 0.719. The molecule has 0 atom stereocenters. The van der Waals surface area contributed by atoms with Crippen LogP contribution in [0.2, 0.25) is 0 Å². The van der Waals surface area contributed by atoms with E-state index >= 15 is 0 Å². The molecule has 15 heavy (non-hydrogen) atoms. The summed E-state index contributed by atoms with van der Waals surface area (Å²) < 4.78 is 6.38. The van der Waals surface area contributed by atoms with Crippen molar-refractivity contribution in [3.63, 3.8) is 0 Å². The van der Waals surface area contributed by atoms with Crippen molar-refractivity contribution in [3.8, 4) is 0 Å². The van der Waals surface area contributed by atoms with Crippen molar-refractivity contribution in [3.05, 3.63) is 40.7 Å². The summed E-state index contributed by atoms with van der Waals surface area (Å²) in [6.07, 6.45) is 3.79. The Labute approximate surface area is 85.6 Å². The lowest BCUT2D eigenvalue weighted by atomic mass is 10.5. The molecule has 0 aliphatic carbocycles. The third kappa shape index (κ3) is 2.09. The van der Waals surface area contributed by atoms with Crippen LogP contribution in [0, 0.1) is 0 Å². The third-order valence-corrected chi connectivity index (χ3v) is 1.91. The molecule has 2 aromatic heterocycles. The molecule has 2 rings (SSSR count). The maximum atomic E-state index is 11.3. The average Bonchev–Trinajstić information content (AvgIpc) is 2.69. The minimum absolute atomic E-state index is 0.264. The molecule has 0 unspecified atom stereocenters. The summed E-state index contributed by atoms with van der Waals surface area (Å²) in [7, 11) is 0. The van der Waals surface area contributed by atoms with Gasteiger partial charge in [-0.05, 0) is 6.07 Å².